The average Bonchev–Trinajstić information content (AvgIpc) is 1.11. The van der Waals surface area contributed by atoms with Crippen LogP contribution in [0.5, 0.6) is 0 Å². The van der Waals surface area contributed by atoms with Gasteiger partial charge in [-0.3, -0.25) is 0 Å². The first-order valence-electron chi connectivity index (χ1n) is 42.4. The minimum absolute atomic E-state index is 0.0652. The third-order valence-electron chi connectivity index (χ3n) is 26.0. The van der Waals surface area contributed by atoms with Gasteiger partial charge in [0.2, 0.25) is 0 Å². The number of aromatic nitrogens is 2. The van der Waals surface area contributed by atoms with E-state index in [-0.39, 0.29) is 28.4 Å². The Labute approximate surface area is 704 Å². The van der Waals surface area contributed by atoms with E-state index in [4.69, 9.17) is 0 Å². The van der Waals surface area contributed by atoms with Crippen LogP contribution in [0, 0.1) is 0 Å². The second-order valence-corrected chi connectivity index (χ2v) is 44.9. The van der Waals surface area contributed by atoms with Crippen LogP contribution in [-0.4, -0.2) is 32.0 Å². The van der Waals surface area contributed by atoms with E-state index < -0.39 is 16.1 Å². The van der Waals surface area contributed by atoms with Gasteiger partial charge in [0, 0.05) is 61.4 Å². The summed E-state index contributed by atoms with van der Waals surface area (Å²) in [6.45, 7) is 27.8. The smallest absolute Gasteiger partial charge is 0.252 e. The Morgan fingerprint density at radius 2 is 0.504 bits per heavy atom. The molecular formula is C112H99BN4Si2. The summed E-state index contributed by atoms with van der Waals surface area (Å²) in [7, 11) is -6.41. The fourth-order valence-electron chi connectivity index (χ4n) is 19.9. The Morgan fingerprint density at radius 3 is 0.874 bits per heavy atom. The molecule has 119 heavy (non-hydrogen) atoms. The van der Waals surface area contributed by atoms with Gasteiger partial charge in [0.05, 0.1) is 27.8 Å². The zero-order valence-corrected chi connectivity index (χ0v) is 72.2. The Kier molecular flexibility index (Phi) is 18.0. The molecular weight excluding hydrogens is 1470 g/mol. The molecule has 0 unspecified atom stereocenters. The maximum absolute atomic E-state index is 3.24. The largest absolute Gasteiger partial charge is 0.311 e. The van der Waals surface area contributed by atoms with Gasteiger partial charge in [-0.15, -0.1) is 0 Å². The van der Waals surface area contributed by atoms with E-state index in [1.54, 1.807) is 0 Å². The molecule has 4 nitrogen and oxygen atoms in total. The van der Waals surface area contributed by atoms with Crippen LogP contribution in [0.4, 0.5) is 34.1 Å². The number of nitrogens with zero attached hydrogens (tertiary/aromatic N) is 4. The van der Waals surface area contributed by atoms with Crippen molar-refractivity contribution in [3.63, 3.8) is 0 Å². The fourth-order valence-corrected chi connectivity index (χ4v) is 29.5. The second kappa shape index (κ2) is 28.5. The topological polar surface area (TPSA) is 16.3 Å². The maximum atomic E-state index is 2.73. The van der Waals surface area contributed by atoms with E-state index in [1.165, 1.54) is 118 Å². The molecule has 0 bridgehead atoms. The maximum Gasteiger partial charge on any atom is 0.252 e. The lowest BCUT2D eigenvalue weighted by atomic mass is 9.33. The highest BCUT2D eigenvalue weighted by Crippen LogP contribution is 2.49. The van der Waals surface area contributed by atoms with Crippen molar-refractivity contribution in [3.8, 4) is 22.5 Å². The van der Waals surface area contributed by atoms with Crippen molar-refractivity contribution in [2.24, 2.45) is 0 Å². The van der Waals surface area contributed by atoms with Crippen LogP contribution < -0.4 is 67.7 Å². The predicted octanol–water partition coefficient (Wildman–Crippen LogP) is 21.6. The number of anilines is 6. The molecule has 0 amide bonds. The number of benzene rings is 16. The SMILES string of the molecule is CC(C)(C)c1ccc2c(c1)c1cc(C(C)(C)C)ccc1n2-c1ccc2c(c1)N(c1ccc(-c3ccccc3)cc1)c1cc(-n3c4ccc(C(C)(C)C)cc4c4cc(C(C)(C)C)ccc43)cc3c1B2c1ccc([Si](c2ccccc2)(c2ccccc2)c2ccccc2)cc1N3c1cccc([Si](c2ccccc2)(c2ccccc2)c2ccccc2)c1. The van der Waals surface area contributed by atoms with Crippen molar-refractivity contribution in [1.82, 2.24) is 9.13 Å². The molecule has 18 aromatic rings. The average molecular weight is 1570 g/mol. The highest BCUT2D eigenvalue weighted by molar-refractivity contribution is 7.20. The summed E-state index contributed by atoms with van der Waals surface area (Å²) in [6.07, 6.45) is 0. The van der Waals surface area contributed by atoms with E-state index in [0.717, 1.165) is 62.1 Å². The van der Waals surface area contributed by atoms with E-state index in [9.17, 15) is 0 Å². The quantitative estimate of drug-likeness (QED) is 0.0845. The van der Waals surface area contributed by atoms with Crippen molar-refractivity contribution < 1.29 is 0 Å². The standard InChI is InChI=1S/C112H99BN4Si2/c1-109(2,3)78-53-63-100-94(67-78)95-68-79(110(4,5)6)54-64-101(95)115(100)84-59-61-98-104(72-84)114(82-57-51-77(52-58-82)76-35-20-13-21-36-76)106-73-85(117-102-65-55-80(111(7,8)9)69-96(102)97-70-81(112(10,11)12)56-66-103(97)117)74-107-108(106)113(98)99-62-60-93(119(89-44-28-17-29-45-89,90-46-30-18-31-47-90)91-48-32-19-33-49-91)75-105(99)116(107)83-37-34-50-92(71-83)118(86-38-22-14-23-39-86,87-40-24-15-25-41-87)88-42-26-16-27-43-88/h13-75H,1-12H3. The summed E-state index contributed by atoms with van der Waals surface area (Å²) in [5.74, 6) is 0. The molecule has 0 radical (unpaired) electrons. The molecule has 0 spiro atoms. The van der Waals surface area contributed by atoms with Gasteiger partial charge >= 0.3 is 0 Å². The molecule has 4 heterocycles. The second-order valence-electron chi connectivity index (χ2n) is 37.3. The molecule has 2 aliphatic rings. The molecule has 2 aromatic heterocycles. The highest BCUT2D eigenvalue weighted by atomic mass is 28.3. The molecule has 0 aliphatic carbocycles. The van der Waals surface area contributed by atoms with Crippen molar-refractivity contribution >= 4 is 158 Å². The normalized spacial score (nSPS) is 13.2. The van der Waals surface area contributed by atoms with Gasteiger partial charge in [-0.2, -0.15) is 0 Å². The van der Waals surface area contributed by atoms with Gasteiger partial charge in [0.15, 0.2) is 16.1 Å². The number of fused-ring (bicyclic) bond motifs is 10. The molecule has 2 aliphatic heterocycles. The summed E-state index contributed by atoms with van der Waals surface area (Å²) >= 11 is 0. The summed E-state index contributed by atoms with van der Waals surface area (Å²) in [4.78, 5) is 5.39. The number of hydrogen-bond donors (Lipinski definition) is 0. The Balaban J connectivity index is 0.954. The van der Waals surface area contributed by atoms with Crippen LogP contribution in [0.1, 0.15) is 105 Å². The number of rotatable bonds is 13. The molecule has 0 saturated heterocycles. The van der Waals surface area contributed by atoms with Crippen LogP contribution in [0.25, 0.3) is 66.1 Å². The van der Waals surface area contributed by atoms with Crippen LogP contribution in [0.15, 0.2) is 382 Å². The molecule has 20 rings (SSSR count). The Bertz CT molecular complexity index is 6600. The lowest BCUT2D eigenvalue weighted by Crippen LogP contribution is -2.75. The van der Waals surface area contributed by atoms with Crippen LogP contribution in [0.3, 0.4) is 0 Å². The first-order valence-corrected chi connectivity index (χ1v) is 46.4. The fraction of sp³-hybridized carbons (Fsp3) is 0.143. The zero-order chi connectivity index (χ0) is 81.5. The Hall–Kier alpha value is -12.8. The van der Waals surface area contributed by atoms with E-state index in [2.05, 4.69) is 484 Å². The van der Waals surface area contributed by atoms with E-state index >= 15 is 0 Å². The van der Waals surface area contributed by atoms with Gasteiger partial charge in [0.1, 0.15) is 0 Å². The van der Waals surface area contributed by atoms with Crippen molar-refractivity contribution in [1.29, 1.82) is 0 Å². The molecule has 16 aromatic carbocycles. The Morgan fingerprint density at radius 1 is 0.210 bits per heavy atom. The summed E-state index contributed by atoms with van der Waals surface area (Å²) in [5.41, 5.74) is 24.5. The van der Waals surface area contributed by atoms with Gasteiger partial charge in [-0.25, -0.2) is 0 Å². The first-order chi connectivity index (χ1) is 57.5. The zero-order valence-electron chi connectivity index (χ0n) is 70.2. The summed E-state index contributed by atoms with van der Waals surface area (Å²) in [5, 5.41) is 15.6. The molecule has 0 atom stereocenters. The highest BCUT2D eigenvalue weighted by Gasteiger charge is 2.49. The van der Waals surface area contributed by atoms with Crippen LogP contribution in [0.2, 0.25) is 0 Å². The summed E-state index contributed by atoms with van der Waals surface area (Å²) < 4.78 is 5.18. The lowest BCUT2D eigenvalue weighted by Gasteiger charge is -2.45. The summed E-state index contributed by atoms with van der Waals surface area (Å²) in [6, 6.07) is 149. The first kappa shape index (κ1) is 75.0. The van der Waals surface area contributed by atoms with Crippen LogP contribution in [-0.2, 0) is 21.7 Å². The third-order valence-corrected chi connectivity index (χ3v) is 35.5. The minimum Gasteiger partial charge on any atom is -0.311 e. The van der Waals surface area contributed by atoms with Gasteiger partial charge in [0.25, 0.3) is 6.71 Å². The molecule has 0 N–H and O–H groups in total. The van der Waals surface area contributed by atoms with E-state index in [0.29, 0.717) is 0 Å². The van der Waals surface area contributed by atoms with Gasteiger partial charge in [-0.05, 0) is 216 Å². The molecule has 0 fully saturated rings. The van der Waals surface area contributed by atoms with Crippen molar-refractivity contribution in [2.45, 2.75) is 105 Å². The monoisotopic (exact) mass is 1570 g/mol. The van der Waals surface area contributed by atoms with Gasteiger partial charge in [-0.1, -0.05) is 362 Å². The predicted molar refractivity (Wildman–Crippen MR) is 517 cm³/mol. The molecule has 0 saturated carbocycles. The van der Waals surface area contributed by atoms with Crippen LogP contribution >= 0.6 is 0 Å². The van der Waals surface area contributed by atoms with Crippen molar-refractivity contribution in [3.05, 3.63) is 404 Å². The lowest BCUT2D eigenvalue weighted by molar-refractivity contribution is 0.590. The van der Waals surface area contributed by atoms with Gasteiger partial charge < -0.3 is 18.9 Å². The van der Waals surface area contributed by atoms with Crippen molar-refractivity contribution in [2.75, 3.05) is 9.80 Å². The van der Waals surface area contributed by atoms with E-state index in [1.807, 2.05) is 0 Å². The molecule has 578 valence electrons. The minimum atomic E-state index is -3.24. The molecule has 7 heteroatoms. The number of hydrogen-bond acceptors (Lipinski definition) is 2. The third kappa shape index (κ3) is 12.4.